The smallest absolute Gasteiger partial charge is 0.243 e. The van der Waals surface area contributed by atoms with Crippen LogP contribution in [0.15, 0.2) is 11.6 Å². The van der Waals surface area contributed by atoms with E-state index in [1.165, 1.54) is 5.57 Å². The summed E-state index contributed by atoms with van der Waals surface area (Å²) in [6, 6.07) is 0.149. The zero-order valence-corrected chi connectivity index (χ0v) is 13.9. The van der Waals surface area contributed by atoms with Crippen molar-refractivity contribution < 1.29 is 9.59 Å². The first-order valence-electron chi connectivity index (χ1n) is 7.79. The van der Waals surface area contributed by atoms with Crippen LogP contribution in [0.4, 0.5) is 0 Å². The molecule has 0 saturated carbocycles. The maximum absolute atomic E-state index is 11.7. The molecule has 0 aromatic heterocycles. The van der Waals surface area contributed by atoms with Gasteiger partial charge in [0.25, 0.3) is 0 Å². The molecule has 1 atom stereocenters. The lowest BCUT2D eigenvalue weighted by Gasteiger charge is -2.28. The van der Waals surface area contributed by atoms with Gasteiger partial charge >= 0.3 is 0 Å². The van der Waals surface area contributed by atoms with Crippen molar-refractivity contribution >= 4 is 11.8 Å². The molecule has 1 saturated heterocycles. The number of hydrogen-bond acceptors (Lipinski definition) is 4. The molecule has 3 N–H and O–H groups in total. The van der Waals surface area contributed by atoms with Crippen LogP contribution >= 0.6 is 0 Å². The highest BCUT2D eigenvalue weighted by Crippen LogP contribution is 2.13. The van der Waals surface area contributed by atoms with Gasteiger partial charge in [0.15, 0.2) is 0 Å². The van der Waals surface area contributed by atoms with Crippen LogP contribution in [0.25, 0.3) is 0 Å². The van der Waals surface area contributed by atoms with Gasteiger partial charge in [-0.1, -0.05) is 32.4 Å². The Labute approximate surface area is 127 Å². The lowest BCUT2D eigenvalue weighted by atomic mass is 9.98. The van der Waals surface area contributed by atoms with Crippen molar-refractivity contribution in [2.45, 2.75) is 71.5 Å². The molecule has 21 heavy (non-hydrogen) atoms. The van der Waals surface area contributed by atoms with Crippen LogP contribution in [0.1, 0.15) is 53.9 Å². The zero-order chi connectivity index (χ0) is 16.0. The van der Waals surface area contributed by atoms with Crippen molar-refractivity contribution in [3.05, 3.63) is 11.6 Å². The third-order valence-corrected chi connectivity index (χ3v) is 3.49. The second-order valence-corrected chi connectivity index (χ2v) is 6.56. The zero-order valence-electron chi connectivity index (χ0n) is 13.9. The van der Waals surface area contributed by atoms with E-state index >= 15 is 0 Å². The lowest BCUT2D eigenvalue weighted by Crippen LogP contribution is -2.51. The van der Waals surface area contributed by atoms with Crippen LogP contribution in [0.3, 0.4) is 0 Å². The Morgan fingerprint density at radius 1 is 1.43 bits per heavy atom. The Balaban J connectivity index is 2.58. The number of hydrogen-bond donors (Lipinski definition) is 3. The van der Waals surface area contributed by atoms with E-state index in [-0.39, 0.29) is 23.4 Å². The minimum absolute atomic E-state index is 0.0774. The van der Waals surface area contributed by atoms with E-state index in [4.69, 9.17) is 0 Å². The van der Waals surface area contributed by atoms with Gasteiger partial charge in [0.2, 0.25) is 11.8 Å². The van der Waals surface area contributed by atoms with E-state index < -0.39 is 0 Å². The third-order valence-electron chi connectivity index (χ3n) is 3.49. The molecule has 0 radical (unpaired) electrons. The molecular formula is C16H29N3O2. The van der Waals surface area contributed by atoms with Crippen molar-refractivity contribution in [3.8, 4) is 0 Å². The van der Waals surface area contributed by atoms with Crippen LogP contribution in [0.2, 0.25) is 0 Å². The number of piperidine rings is 1. The molecule has 2 amide bonds. The molecule has 1 aliphatic heterocycles. The molecular weight excluding hydrogens is 266 g/mol. The van der Waals surface area contributed by atoms with Gasteiger partial charge in [-0.25, -0.2) is 0 Å². The molecule has 0 spiro atoms. The first-order chi connectivity index (χ1) is 9.73. The summed E-state index contributed by atoms with van der Waals surface area (Å²) >= 11 is 0. The fraction of sp³-hybridized carbons (Fsp3) is 0.750. The van der Waals surface area contributed by atoms with E-state index in [0.29, 0.717) is 25.4 Å². The molecule has 1 heterocycles. The van der Waals surface area contributed by atoms with E-state index in [1.807, 2.05) is 0 Å². The minimum Gasteiger partial charge on any atom is -0.306 e. The van der Waals surface area contributed by atoms with Gasteiger partial charge in [-0.15, -0.1) is 0 Å². The van der Waals surface area contributed by atoms with Gasteiger partial charge in [0.05, 0.1) is 6.04 Å². The van der Waals surface area contributed by atoms with Crippen LogP contribution < -0.4 is 16.0 Å². The summed E-state index contributed by atoms with van der Waals surface area (Å²) in [7, 11) is 0. The highest BCUT2D eigenvalue weighted by atomic mass is 16.2. The van der Waals surface area contributed by atoms with Crippen molar-refractivity contribution in [2.75, 3.05) is 6.54 Å². The molecule has 1 fully saturated rings. The Bertz CT molecular complexity index is 414. The SMILES string of the molecule is CC/C(=C\C(C)(C)NC(C)C)CNC1CCC(=O)NC1=O. The van der Waals surface area contributed by atoms with Gasteiger partial charge in [0, 0.05) is 24.5 Å². The van der Waals surface area contributed by atoms with Crippen molar-refractivity contribution in [3.63, 3.8) is 0 Å². The summed E-state index contributed by atoms with van der Waals surface area (Å²) in [6.07, 6.45) is 4.15. The van der Waals surface area contributed by atoms with Gasteiger partial charge < -0.3 is 10.6 Å². The van der Waals surface area contributed by atoms with Crippen LogP contribution in [0.5, 0.6) is 0 Å². The monoisotopic (exact) mass is 295 g/mol. The largest absolute Gasteiger partial charge is 0.306 e. The molecule has 5 nitrogen and oxygen atoms in total. The number of nitrogens with one attached hydrogen (secondary N) is 3. The normalized spacial score (nSPS) is 20.9. The van der Waals surface area contributed by atoms with Gasteiger partial charge in [-0.3, -0.25) is 14.9 Å². The quantitative estimate of drug-likeness (QED) is 0.492. The molecule has 1 aliphatic rings. The van der Waals surface area contributed by atoms with E-state index in [1.54, 1.807) is 0 Å². The first-order valence-corrected chi connectivity index (χ1v) is 7.79. The topological polar surface area (TPSA) is 70.2 Å². The predicted octanol–water partition coefficient (Wildman–Crippen LogP) is 1.49. The molecule has 120 valence electrons. The standard InChI is InChI=1S/C16H29N3O2/c1-6-12(9-16(4,5)19-11(2)3)10-17-13-7-8-14(20)18-15(13)21/h9,11,13,17,19H,6-8,10H2,1-5H3,(H,18,20,21)/b12-9+. The van der Waals surface area contributed by atoms with E-state index in [0.717, 1.165) is 6.42 Å². The summed E-state index contributed by atoms with van der Waals surface area (Å²) in [5.41, 5.74) is 1.18. The minimum atomic E-state index is -0.265. The fourth-order valence-corrected chi connectivity index (χ4v) is 2.72. The summed E-state index contributed by atoms with van der Waals surface area (Å²) < 4.78 is 0. The van der Waals surface area contributed by atoms with Crippen molar-refractivity contribution in [1.82, 2.24) is 16.0 Å². The number of carbonyl (C=O) groups is 2. The fourth-order valence-electron chi connectivity index (χ4n) is 2.72. The second kappa shape index (κ2) is 7.71. The number of amides is 2. The average molecular weight is 295 g/mol. The summed E-state index contributed by atoms with van der Waals surface area (Å²) in [5.74, 6) is -0.382. The van der Waals surface area contributed by atoms with Crippen LogP contribution in [-0.2, 0) is 9.59 Å². The summed E-state index contributed by atoms with van der Waals surface area (Å²) in [5, 5.41) is 9.14. The predicted molar refractivity (Wildman–Crippen MR) is 84.9 cm³/mol. The Morgan fingerprint density at radius 3 is 2.62 bits per heavy atom. The highest BCUT2D eigenvalue weighted by Gasteiger charge is 2.26. The maximum atomic E-state index is 11.7. The second-order valence-electron chi connectivity index (χ2n) is 6.56. The molecule has 1 rings (SSSR count). The Kier molecular flexibility index (Phi) is 6.55. The van der Waals surface area contributed by atoms with Crippen molar-refractivity contribution in [1.29, 1.82) is 0 Å². The molecule has 0 aliphatic carbocycles. The lowest BCUT2D eigenvalue weighted by molar-refractivity contribution is -0.134. The molecule has 1 unspecified atom stereocenters. The summed E-state index contributed by atoms with van der Waals surface area (Å²) in [4.78, 5) is 22.8. The van der Waals surface area contributed by atoms with E-state index in [9.17, 15) is 9.59 Å². The number of rotatable bonds is 7. The molecule has 0 bridgehead atoms. The first kappa shape index (κ1) is 17.9. The van der Waals surface area contributed by atoms with Gasteiger partial charge in [-0.05, 0) is 26.7 Å². The highest BCUT2D eigenvalue weighted by molar-refractivity contribution is 6.00. The van der Waals surface area contributed by atoms with E-state index in [2.05, 4.69) is 56.6 Å². The van der Waals surface area contributed by atoms with Gasteiger partial charge in [-0.2, -0.15) is 0 Å². The molecule has 0 aromatic rings. The van der Waals surface area contributed by atoms with Crippen LogP contribution in [-0.4, -0.2) is 36.0 Å². The Morgan fingerprint density at radius 2 is 2.10 bits per heavy atom. The Hall–Kier alpha value is -1.20. The molecule has 0 aromatic carbocycles. The van der Waals surface area contributed by atoms with Gasteiger partial charge in [0.1, 0.15) is 0 Å². The molecule has 5 heteroatoms. The number of carbonyl (C=O) groups excluding carboxylic acids is 2. The maximum Gasteiger partial charge on any atom is 0.243 e. The number of imide groups is 1. The summed E-state index contributed by atoms with van der Waals surface area (Å²) in [6.45, 7) is 11.3. The third kappa shape index (κ3) is 6.40. The van der Waals surface area contributed by atoms with Crippen molar-refractivity contribution in [2.24, 2.45) is 0 Å². The average Bonchev–Trinajstić information content (AvgIpc) is 2.34. The van der Waals surface area contributed by atoms with Crippen LogP contribution in [0, 0.1) is 0 Å².